The van der Waals surface area contributed by atoms with Gasteiger partial charge in [-0.15, -0.1) is 10.2 Å². The number of hydrogen-bond acceptors (Lipinski definition) is 8. The van der Waals surface area contributed by atoms with Crippen LogP contribution < -0.4 is 10.1 Å². The Morgan fingerprint density at radius 2 is 1.90 bits per heavy atom. The van der Waals surface area contributed by atoms with Gasteiger partial charge in [-0.05, 0) is 38.1 Å². The minimum absolute atomic E-state index is 0.0264. The number of carbonyl (C=O) groups is 2. The Bertz CT molecular complexity index is 1060. The molecular weight excluding hydrogens is 425 g/mol. The maximum atomic E-state index is 13.7. The van der Waals surface area contributed by atoms with E-state index in [0.717, 1.165) is 11.8 Å². The van der Waals surface area contributed by atoms with Gasteiger partial charge in [0.25, 0.3) is 11.1 Å². The maximum absolute atomic E-state index is 13.7. The maximum Gasteiger partial charge on any atom is 0.340 e. The number of thioether (sulfide) groups is 1. The molecule has 2 aromatic carbocycles. The van der Waals surface area contributed by atoms with Gasteiger partial charge in [0.05, 0.1) is 23.6 Å². The highest BCUT2D eigenvalue weighted by atomic mass is 32.2. The van der Waals surface area contributed by atoms with Gasteiger partial charge in [0, 0.05) is 0 Å². The topological polar surface area (TPSA) is 104 Å². The number of para-hydroxylation sites is 2. The van der Waals surface area contributed by atoms with Crippen LogP contribution in [0.15, 0.2) is 58.2 Å². The molecule has 1 amide bonds. The Kier molecular flexibility index (Phi) is 7.60. The van der Waals surface area contributed by atoms with Crippen molar-refractivity contribution in [3.05, 3.63) is 65.8 Å². The largest absolute Gasteiger partial charge is 0.478 e. The highest BCUT2D eigenvalue weighted by Gasteiger charge is 2.19. The second kappa shape index (κ2) is 10.6. The molecule has 0 aliphatic carbocycles. The van der Waals surface area contributed by atoms with Crippen LogP contribution in [0.4, 0.5) is 10.1 Å². The number of hydrogen-bond donors (Lipinski definition) is 1. The highest BCUT2D eigenvalue weighted by Crippen LogP contribution is 2.26. The van der Waals surface area contributed by atoms with Crippen LogP contribution in [0.1, 0.15) is 36.2 Å². The Morgan fingerprint density at radius 1 is 1.16 bits per heavy atom. The molecule has 3 rings (SSSR count). The number of nitrogens with one attached hydrogen (secondary N) is 1. The predicted molar refractivity (Wildman–Crippen MR) is 111 cm³/mol. The Balaban J connectivity index is 1.56. The van der Waals surface area contributed by atoms with Gasteiger partial charge in [-0.2, -0.15) is 0 Å². The van der Waals surface area contributed by atoms with Crippen LogP contribution in [0.2, 0.25) is 0 Å². The van der Waals surface area contributed by atoms with E-state index >= 15 is 0 Å². The first-order valence-corrected chi connectivity index (χ1v) is 10.4. The van der Waals surface area contributed by atoms with Crippen LogP contribution >= 0.6 is 11.8 Å². The van der Waals surface area contributed by atoms with E-state index < -0.39 is 17.9 Å². The summed E-state index contributed by atoms with van der Waals surface area (Å²) in [5, 5.41) is 10.6. The lowest BCUT2D eigenvalue weighted by Crippen LogP contribution is -2.17. The second-order valence-electron chi connectivity index (χ2n) is 6.20. The lowest BCUT2D eigenvalue weighted by Gasteiger charge is -2.11. The lowest BCUT2D eigenvalue weighted by atomic mass is 10.2. The molecule has 10 heteroatoms. The Hall–Kier alpha value is -3.40. The van der Waals surface area contributed by atoms with Gasteiger partial charge in [0.2, 0.25) is 5.91 Å². The third-order valence-corrected chi connectivity index (χ3v) is 4.75. The number of anilines is 1. The molecule has 0 fully saturated rings. The SMILES string of the molecule is CCOC(=O)c1ccccc1NC(=O)CSc1nnc(C(C)Oc2ccccc2F)o1. The smallest absolute Gasteiger partial charge is 0.340 e. The number of carbonyl (C=O) groups excluding carboxylic acids is 2. The summed E-state index contributed by atoms with van der Waals surface area (Å²) in [5.74, 6) is -1.18. The summed E-state index contributed by atoms with van der Waals surface area (Å²) in [5.41, 5.74) is 0.617. The number of rotatable bonds is 9. The Morgan fingerprint density at radius 3 is 2.68 bits per heavy atom. The summed E-state index contributed by atoms with van der Waals surface area (Å²) in [6.45, 7) is 3.58. The summed E-state index contributed by atoms with van der Waals surface area (Å²) in [6, 6.07) is 12.6. The van der Waals surface area contributed by atoms with Gasteiger partial charge >= 0.3 is 5.97 Å². The summed E-state index contributed by atoms with van der Waals surface area (Å²) < 4.78 is 29.7. The number of nitrogens with zero attached hydrogens (tertiary/aromatic N) is 2. The van der Waals surface area contributed by atoms with Crippen LogP contribution in [0.5, 0.6) is 5.75 Å². The molecule has 1 atom stereocenters. The number of amides is 1. The summed E-state index contributed by atoms with van der Waals surface area (Å²) >= 11 is 1.02. The van der Waals surface area contributed by atoms with Crippen molar-refractivity contribution in [2.75, 3.05) is 17.7 Å². The number of esters is 1. The molecule has 0 radical (unpaired) electrons. The van der Waals surface area contributed by atoms with Crippen molar-refractivity contribution in [3.8, 4) is 5.75 Å². The Labute approximate surface area is 182 Å². The summed E-state index contributed by atoms with van der Waals surface area (Å²) in [4.78, 5) is 24.3. The zero-order valence-electron chi connectivity index (χ0n) is 16.8. The molecule has 1 heterocycles. The van der Waals surface area contributed by atoms with Crippen molar-refractivity contribution in [1.29, 1.82) is 0 Å². The lowest BCUT2D eigenvalue weighted by molar-refractivity contribution is -0.113. The summed E-state index contributed by atoms with van der Waals surface area (Å²) in [6.07, 6.45) is -0.677. The summed E-state index contributed by atoms with van der Waals surface area (Å²) in [7, 11) is 0. The monoisotopic (exact) mass is 445 g/mol. The number of benzene rings is 2. The van der Waals surface area contributed by atoms with Crippen molar-refractivity contribution in [1.82, 2.24) is 10.2 Å². The molecule has 0 bridgehead atoms. The van der Waals surface area contributed by atoms with E-state index in [1.54, 1.807) is 50.2 Å². The zero-order chi connectivity index (χ0) is 22.2. The van der Waals surface area contributed by atoms with Crippen molar-refractivity contribution in [3.63, 3.8) is 0 Å². The van der Waals surface area contributed by atoms with Gasteiger partial charge in [0.1, 0.15) is 0 Å². The fourth-order valence-electron chi connectivity index (χ4n) is 2.52. The minimum atomic E-state index is -0.677. The average molecular weight is 445 g/mol. The van der Waals surface area contributed by atoms with Crippen molar-refractivity contribution in [2.24, 2.45) is 0 Å². The second-order valence-corrected chi connectivity index (χ2v) is 7.13. The molecule has 1 N–H and O–H groups in total. The molecule has 31 heavy (non-hydrogen) atoms. The molecule has 8 nitrogen and oxygen atoms in total. The molecule has 3 aromatic rings. The molecule has 0 spiro atoms. The van der Waals surface area contributed by atoms with Gasteiger partial charge in [-0.25, -0.2) is 9.18 Å². The first kappa shape index (κ1) is 22.3. The van der Waals surface area contributed by atoms with E-state index in [2.05, 4.69) is 15.5 Å². The van der Waals surface area contributed by atoms with E-state index in [4.69, 9.17) is 13.9 Å². The predicted octanol–water partition coefficient (Wildman–Crippen LogP) is 4.26. The first-order valence-electron chi connectivity index (χ1n) is 9.41. The van der Waals surface area contributed by atoms with Gasteiger partial charge in [0.15, 0.2) is 17.7 Å². The number of ether oxygens (including phenoxy) is 2. The average Bonchev–Trinajstić information content (AvgIpc) is 3.24. The van der Waals surface area contributed by atoms with Gasteiger partial charge < -0.3 is 19.2 Å². The molecule has 1 unspecified atom stereocenters. The highest BCUT2D eigenvalue weighted by molar-refractivity contribution is 7.99. The van der Waals surface area contributed by atoms with E-state index in [9.17, 15) is 14.0 Å². The van der Waals surface area contributed by atoms with E-state index in [1.165, 1.54) is 12.1 Å². The fraction of sp³-hybridized carbons (Fsp3) is 0.238. The fourth-order valence-corrected chi connectivity index (χ4v) is 3.09. The van der Waals surface area contributed by atoms with Crippen LogP contribution in [-0.2, 0) is 9.53 Å². The van der Waals surface area contributed by atoms with E-state index in [1.807, 2.05) is 0 Å². The molecule has 1 aromatic heterocycles. The number of halogens is 1. The molecule has 0 aliphatic heterocycles. The van der Waals surface area contributed by atoms with Gasteiger partial charge in [-0.3, -0.25) is 4.79 Å². The molecule has 162 valence electrons. The number of aromatic nitrogens is 2. The van der Waals surface area contributed by atoms with Crippen molar-refractivity contribution >= 4 is 29.3 Å². The molecule has 0 saturated carbocycles. The normalized spacial score (nSPS) is 11.6. The first-order chi connectivity index (χ1) is 15.0. The van der Waals surface area contributed by atoms with Crippen LogP contribution in [-0.4, -0.2) is 34.4 Å². The van der Waals surface area contributed by atoms with Crippen molar-refractivity contribution in [2.45, 2.75) is 25.2 Å². The molecule has 0 aliphatic rings. The van der Waals surface area contributed by atoms with Gasteiger partial charge in [-0.1, -0.05) is 36.0 Å². The van der Waals surface area contributed by atoms with Crippen LogP contribution in [0.3, 0.4) is 0 Å². The molecule has 0 saturated heterocycles. The molecular formula is C21H20FN3O5S. The quantitative estimate of drug-likeness (QED) is 0.385. The standard InChI is InChI=1S/C21H20FN3O5S/c1-3-28-20(27)14-8-4-6-10-16(14)23-18(26)12-31-21-25-24-19(30-21)13(2)29-17-11-7-5-9-15(17)22/h4-11,13H,3,12H2,1-2H3,(H,23,26). The third-order valence-electron chi connectivity index (χ3n) is 3.93. The van der Waals surface area contributed by atoms with Crippen molar-refractivity contribution < 1.29 is 27.9 Å². The van der Waals surface area contributed by atoms with Crippen LogP contribution in [0, 0.1) is 5.82 Å². The van der Waals surface area contributed by atoms with E-state index in [-0.39, 0.29) is 40.7 Å². The zero-order valence-corrected chi connectivity index (χ0v) is 17.6. The van der Waals surface area contributed by atoms with E-state index in [0.29, 0.717) is 5.69 Å². The minimum Gasteiger partial charge on any atom is -0.478 e. The third kappa shape index (κ3) is 6.05. The van der Waals surface area contributed by atoms with Crippen LogP contribution in [0.25, 0.3) is 0 Å².